The molecule has 17 heavy (non-hydrogen) atoms. The lowest BCUT2D eigenvalue weighted by atomic mass is 9.99. The van der Waals surface area contributed by atoms with Gasteiger partial charge in [-0.2, -0.15) is 0 Å². The maximum atomic E-state index is 13.7. The number of halogens is 1. The highest BCUT2D eigenvalue weighted by Gasteiger charge is 2.16. The lowest BCUT2D eigenvalue weighted by molar-refractivity contribution is 0.596. The molecule has 2 rings (SSSR count). The van der Waals surface area contributed by atoms with E-state index in [-0.39, 0.29) is 5.82 Å². The summed E-state index contributed by atoms with van der Waals surface area (Å²) >= 11 is 0. The van der Waals surface area contributed by atoms with Crippen molar-refractivity contribution in [2.45, 2.75) is 19.4 Å². The third kappa shape index (κ3) is 2.34. The second-order valence-corrected chi connectivity index (χ2v) is 3.90. The van der Waals surface area contributed by atoms with Crippen molar-refractivity contribution in [3.05, 3.63) is 65.2 Å². The smallest absolute Gasteiger partial charge is 0.128 e. The molecule has 0 bridgehead atoms. The van der Waals surface area contributed by atoms with E-state index in [1.165, 1.54) is 6.07 Å². The zero-order valence-corrected chi connectivity index (χ0v) is 9.73. The third-order valence-electron chi connectivity index (χ3n) is 2.84. The summed E-state index contributed by atoms with van der Waals surface area (Å²) in [6.07, 6.45) is 2.53. The number of aromatic nitrogens is 1. The molecule has 0 amide bonds. The van der Waals surface area contributed by atoms with E-state index in [0.29, 0.717) is 5.56 Å². The average Bonchev–Trinajstić information content (AvgIpc) is 2.38. The summed E-state index contributed by atoms with van der Waals surface area (Å²) in [4.78, 5) is 4.28. The number of pyridine rings is 1. The van der Waals surface area contributed by atoms with Crippen molar-refractivity contribution in [2.24, 2.45) is 5.73 Å². The van der Waals surface area contributed by atoms with Crippen LogP contribution < -0.4 is 5.73 Å². The summed E-state index contributed by atoms with van der Waals surface area (Å²) in [7, 11) is 0. The summed E-state index contributed by atoms with van der Waals surface area (Å²) < 4.78 is 13.7. The van der Waals surface area contributed by atoms with Gasteiger partial charge in [0, 0.05) is 11.8 Å². The minimum Gasteiger partial charge on any atom is -0.319 e. The van der Waals surface area contributed by atoms with E-state index in [4.69, 9.17) is 5.73 Å². The predicted molar refractivity (Wildman–Crippen MR) is 66.0 cm³/mol. The van der Waals surface area contributed by atoms with Gasteiger partial charge in [-0.1, -0.05) is 31.2 Å². The second kappa shape index (κ2) is 5.06. The van der Waals surface area contributed by atoms with Crippen LogP contribution in [0.3, 0.4) is 0 Å². The van der Waals surface area contributed by atoms with Gasteiger partial charge in [-0.15, -0.1) is 0 Å². The summed E-state index contributed by atoms with van der Waals surface area (Å²) in [5.74, 6) is -0.285. The Labute approximate surface area is 100 Å². The Kier molecular flexibility index (Phi) is 3.49. The number of nitrogens with zero attached hydrogens (tertiary/aromatic N) is 1. The predicted octanol–water partition coefficient (Wildman–Crippen LogP) is 2.83. The average molecular weight is 230 g/mol. The minimum atomic E-state index is -0.507. The Bertz CT molecular complexity index is 511. The Hall–Kier alpha value is -1.74. The topological polar surface area (TPSA) is 38.9 Å². The first-order valence-corrected chi connectivity index (χ1v) is 5.67. The molecule has 0 aliphatic carbocycles. The molecule has 0 saturated heterocycles. The monoisotopic (exact) mass is 230 g/mol. The fraction of sp³-hybridized carbons (Fsp3) is 0.214. The van der Waals surface area contributed by atoms with Gasteiger partial charge < -0.3 is 5.73 Å². The maximum Gasteiger partial charge on any atom is 0.128 e. The quantitative estimate of drug-likeness (QED) is 0.880. The third-order valence-corrected chi connectivity index (χ3v) is 2.84. The molecule has 1 atom stereocenters. The molecule has 0 aliphatic heterocycles. The molecule has 2 nitrogen and oxygen atoms in total. The molecule has 0 aliphatic rings. The van der Waals surface area contributed by atoms with Crippen LogP contribution in [-0.4, -0.2) is 4.98 Å². The standard InChI is InChI=1S/C14H15FN2/c1-2-10-6-5-9-17-14(10)13(16)11-7-3-4-8-12(11)15/h3-9,13H,2,16H2,1H3. The molecule has 1 aromatic heterocycles. The van der Waals surface area contributed by atoms with Crippen molar-refractivity contribution in [1.82, 2.24) is 4.98 Å². The van der Waals surface area contributed by atoms with Crippen molar-refractivity contribution >= 4 is 0 Å². The summed E-state index contributed by atoms with van der Waals surface area (Å²) in [6, 6.07) is 9.90. The maximum absolute atomic E-state index is 13.7. The fourth-order valence-corrected chi connectivity index (χ4v) is 1.90. The van der Waals surface area contributed by atoms with Crippen LogP contribution in [0.4, 0.5) is 4.39 Å². The molecule has 1 aromatic carbocycles. The van der Waals surface area contributed by atoms with Crippen molar-refractivity contribution < 1.29 is 4.39 Å². The molecular formula is C14H15FN2. The Morgan fingerprint density at radius 1 is 1.24 bits per heavy atom. The lowest BCUT2D eigenvalue weighted by Crippen LogP contribution is -2.17. The number of hydrogen-bond acceptors (Lipinski definition) is 2. The van der Waals surface area contributed by atoms with Crippen molar-refractivity contribution in [3.63, 3.8) is 0 Å². The molecular weight excluding hydrogens is 215 g/mol. The minimum absolute atomic E-state index is 0.285. The molecule has 3 heteroatoms. The van der Waals surface area contributed by atoms with Gasteiger partial charge in [0.2, 0.25) is 0 Å². The van der Waals surface area contributed by atoms with E-state index in [1.807, 2.05) is 19.1 Å². The number of aryl methyl sites for hydroxylation is 1. The van der Waals surface area contributed by atoms with E-state index in [1.54, 1.807) is 24.4 Å². The summed E-state index contributed by atoms with van der Waals surface area (Å²) in [6.45, 7) is 2.04. The highest BCUT2D eigenvalue weighted by atomic mass is 19.1. The Morgan fingerprint density at radius 3 is 2.71 bits per heavy atom. The van der Waals surface area contributed by atoms with Gasteiger partial charge in [-0.25, -0.2) is 4.39 Å². The van der Waals surface area contributed by atoms with Crippen molar-refractivity contribution in [1.29, 1.82) is 0 Å². The van der Waals surface area contributed by atoms with Crippen LogP contribution in [0.5, 0.6) is 0 Å². The van der Waals surface area contributed by atoms with E-state index in [9.17, 15) is 4.39 Å². The molecule has 2 aromatic rings. The molecule has 88 valence electrons. The Morgan fingerprint density at radius 2 is 2.00 bits per heavy atom. The van der Waals surface area contributed by atoms with Crippen molar-refractivity contribution in [2.75, 3.05) is 0 Å². The van der Waals surface area contributed by atoms with Gasteiger partial charge in [0.15, 0.2) is 0 Å². The van der Waals surface area contributed by atoms with Crippen LogP contribution in [0.25, 0.3) is 0 Å². The van der Waals surface area contributed by atoms with Crippen LogP contribution in [0, 0.1) is 5.82 Å². The van der Waals surface area contributed by atoms with Gasteiger partial charge in [0.25, 0.3) is 0 Å². The summed E-state index contributed by atoms with van der Waals surface area (Å²) in [5.41, 5.74) is 8.39. The number of nitrogens with two attached hydrogens (primary N) is 1. The van der Waals surface area contributed by atoms with E-state index >= 15 is 0 Å². The van der Waals surface area contributed by atoms with Crippen LogP contribution in [0.15, 0.2) is 42.6 Å². The molecule has 0 saturated carbocycles. The first-order chi connectivity index (χ1) is 8.24. The fourth-order valence-electron chi connectivity index (χ4n) is 1.90. The van der Waals surface area contributed by atoms with Crippen LogP contribution >= 0.6 is 0 Å². The molecule has 1 heterocycles. The van der Waals surface area contributed by atoms with Gasteiger partial charge in [-0.3, -0.25) is 4.98 Å². The number of rotatable bonds is 3. The van der Waals surface area contributed by atoms with Crippen LogP contribution in [-0.2, 0) is 6.42 Å². The zero-order valence-electron chi connectivity index (χ0n) is 9.73. The molecule has 0 fully saturated rings. The summed E-state index contributed by atoms with van der Waals surface area (Å²) in [5, 5.41) is 0. The molecule has 0 spiro atoms. The van der Waals surface area contributed by atoms with E-state index < -0.39 is 6.04 Å². The first-order valence-electron chi connectivity index (χ1n) is 5.67. The largest absolute Gasteiger partial charge is 0.319 e. The van der Waals surface area contributed by atoms with Gasteiger partial charge >= 0.3 is 0 Å². The van der Waals surface area contributed by atoms with E-state index in [2.05, 4.69) is 4.98 Å². The number of benzene rings is 1. The highest BCUT2D eigenvalue weighted by molar-refractivity contribution is 5.33. The molecule has 1 unspecified atom stereocenters. The van der Waals surface area contributed by atoms with Crippen LogP contribution in [0.1, 0.15) is 29.8 Å². The zero-order chi connectivity index (χ0) is 12.3. The highest BCUT2D eigenvalue weighted by Crippen LogP contribution is 2.23. The van der Waals surface area contributed by atoms with Gasteiger partial charge in [0.1, 0.15) is 5.82 Å². The van der Waals surface area contributed by atoms with Crippen LogP contribution in [0.2, 0.25) is 0 Å². The van der Waals surface area contributed by atoms with Gasteiger partial charge in [0.05, 0.1) is 11.7 Å². The van der Waals surface area contributed by atoms with E-state index in [0.717, 1.165) is 17.7 Å². The Balaban J connectivity index is 2.44. The SMILES string of the molecule is CCc1cccnc1C(N)c1ccccc1F. The first kappa shape index (κ1) is 11.7. The van der Waals surface area contributed by atoms with Crippen molar-refractivity contribution in [3.8, 4) is 0 Å². The molecule has 0 radical (unpaired) electrons. The molecule has 2 N–H and O–H groups in total. The number of hydrogen-bond donors (Lipinski definition) is 1. The van der Waals surface area contributed by atoms with Gasteiger partial charge in [-0.05, 0) is 24.1 Å². The normalized spacial score (nSPS) is 12.4. The second-order valence-electron chi connectivity index (χ2n) is 3.90. The lowest BCUT2D eigenvalue weighted by Gasteiger charge is -2.15.